The first kappa shape index (κ1) is 15.6. The Labute approximate surface area is 130 Å². The molecule has 3 rings (SSSR count). The van der Waals surface area contributed by atoms with E-state index < -0.39 is 36.6 Å². The standard InChI is InChI=1S/C13H17N5O5/c1-13(22)8(20)6(3-19)23-12(13)18-2-5(10(15)21)7-9(14)16-4-17-11(7)18/h2,4,6,8,12,19-20,22H,3H2,1H3,(H2,15,21)(H2,14,16,17)/t6-,8?,12-,13?/m1/s1. The Bertz CT molecular complexity index is 773. The first-order valence-electron chi connectivity index (χ1n) is 6.86. The lowest BCUT2D eigenvalue weighted by atomic mass is 9.96. The van der Waals surface area contributed by atoms with Crippen LogP contribution in [-0.4, -0.2) is 60.2 Å². The number of primary amides is 1. The molecule has 23 heavy (non-hydrogen) atoms. The minimum atomic E-state index is -1.73. The normalized spacial score (nSPS) is 30.9. The maximum Gasteiger partial charge on any atom is 0.251 e. The van der Waals surface area contributed by atoms with Crippen LogP contribution in [0.2, 0.25) is 0 Å². The number of nitrogen functional groups attached to an aromatic ring is 1. The third kappa shape index (κ3) is 2.15. The van der Waals surface area contributed by atoms with Gasteiger partial charge in [0.05, 0.1) is 17.6 Å². The lowest BCUT2D eigenvalue weighted by molar-refractivity contribution is -0.0948. The van der Waals surface area contributed by atoms with Crippen molar-refractivity contribution in [3.05, 3.63) is 18.1 Å². The molecule has 4 atom stereocenters. The molecular weight excluding hydrogens is 306 g/mol. The van der Waals surface area contributed by atoms with Crippen LogP contribution in [0.5, 0.6) is 0 Å². The van der Waals surface area contributed by atoms with Crippen LogP contribution in [0.1, 0.15) is 23.5 Å². The van der Waals surface area contributed by atoms with Gasteiger partial charge in [-0.1, -0.05) is 0 Å². The fourth-order valence-corrected chi connectivity index (χ4v) is 2.86. The van der Waals surface area contributed by atoms with Crippen LogP contribution in [0.25, 0.3) is 11.0 Å². The highest BCUT2D eigenvalue weighted by Crippen LogP contribution is 2.40. The van der Waals surface area contributed by atoms with Crippen molar-refractivity contribution in [2.75, 3.05) is 12.3 Å². The number of aliphatic hydroxyl groups excluding tert-OH is 2. The summed E-state index contributed by atoms with van der Waals surface area (Å²) in [4.78, 5) is 19.5. The minimum absolute atomic E-state index is 0.0550. The van der Waals surface area contributed by atoms with Gasteiger partial charge in [0.1, 0.15) is 35.6 Å². The van der Waals surface area contributed by atoms with Crippen molar-refractivity contribution in [3.8, 4) is 0 Å². The molecule has 10 heteroatoms. The van der Waals surface area contributed by atoms with E-state index in [4.69, 9.17) is 16.2 Å². The molecule has 1 fully saturated rings. The van der Waals surface area contributed by atoms with Crippen molar-refractivity contribution in [1.82, 2.24) is 14.5 Å². The zero-order valence-electron chi connectivity index (χ0n) is 12.2. The summed E-state index contributed by atoms with van der Waals surface area (Å²) in [5, 5.41) is 30.1. The van der Waals surface area contributed by atoms with E-state index in [9.17, 15) is 20.1 Å². The number of carbonyl (C=O) groups is 1. The van der Waals surface area contributed by atoms with Crippen molar-refractivity contribution in [1.29, 1.82) is 0 Å². The molecule has 0 bridgehead atoms. The van der Waals surface area contributed by atoms with Crippen LogP contribution >= 0.6 is 0 Å². The van der Waals surface area contributed by atoms with Gasteiger partial charge in [-0.15, -0.1) is 0 Å². The van der Waals surface area contributed by atoms with Gasteiger partial charge in [-0.05, 0) is 6.92 Å². The predicted octanol–water partition coefficient (Wildman–Crippen LogP) is -1.89. The van der Waals surface area contributed by atoms with E-state index >= 15 is 0 Å². The quantitative estimate of drug-likeness (QED) is 0.436. The molecule has 2 unspecified atom stereocenters. The highest BCUT2D eigenvalue weighted by molar-refractivity contribution is 6.08. The second-order valence-corrected chi connectivity index (χ2v) is 5.65. The molecule has 1 saturated heterocycles. The van der Waals surface area contributed by atoms with Crippen LogP contribution in [0.4, 0.5) is 5.82 Å². The minimum Gasteiger partial charge on any atom is -0.394 e. The smallest absolute Gasteiger partial charge is 0.251 e. The second-order valence-electron chi connectivity index (χ2n) is 5.65. The number of nitrogens with zero attached hydrogens (tertiary/aromatic N) is 3. The summed E-state index contributed by atoms with van der Waals surface area (Å²) >= 11 is 0. The molecule has 0 aliphatic carbocycles. The average Bonchev–Trinajstić information content (AvgIpc) is 2.97. The Balaban J connectivity index is 2.21. The van der Waals surface area contributed by atoms with Crippen molar-refractivity contribution in [3.63, 3.8) is 0 Å². The van der Waals surface area contributed by atoms with E-state index in [1.807, 2.05) is 0 Å². The van der Waals surface area contributed by atoms with E-state index in [1.165, 1.54) is 24.0 Å². The average molecular weight is 323 g/mol. The molecule has 0 radical (unpaired) electrons. The first-order valence-corrected chi connectivity index (χ1v) is 6.86. The molecule has 124 valence electrons. The zero-order valence-corrected chi connectivity index (χ0v) is 12.2. The van der Waals surface area contributed by atoms with Crippen LogP contribution < -0.4 is 11.5 Å². The molecule has 2 aromatic heterocycles. The topological polar surface area (TPSA) is 170 Å². The summed E-state index contributed by atoms with van der Waals surface area (Å²) in [6.45, 7) is 0.880. The van der Waals surface area contributed by atoms with Crippen LogP contribution in [0.15, 0.2) is 12.5 Å². The summed E-state index contributed by atoms with van der Waals surface area (Å²) < 4.78 is 6.88. The Morgan fingerprint density at radius 2 is 2.22 bits per heavy atom. The van der Waals surface area contributed by atoms with Gasteiger partial charge < -0.3 is 36.1 Å². The number of aliphatic hydroxyl groups is 3. The second kappa shape index (κ2) is 5.13. The van der Waals surface area contributed by atoms with Gasteiger partial charge in [-0.2, -0.15) is 0 Å². The van der Waals surface area contributed by atoms with E-state index in [2.05, 4.69) is 9.97 Å². The molecule has 2 aromatic rings. The van der Waals surface area contributed by atoms with E-state index in [0.717, 1.165) is 0 Å². The van der Waals surface area contributed by atoms with E-state index in [0.29, 0.717) is 0 Å². The fourth-order valence-electron chi connectivity index (χ4n) is 2.86. The Morgan fingerprint density at radius 1 is 1.52 bits per heavy atom. The third-order valence-electron chi connectivity index (χ3n) is 4.09. The van der Waals surface area contributed by atoms with Crippen molar-refractivity contribution in [2.24, 2.45) is 5.73 Å². The Morgan fingerprint density at radius 3 is 2.78 bits per heavy atom. The summed E-state index contributed by atoms with van der Waals surface area (Å²) in [5.74, 6) is -0.688. The van der Waals surface area contributed by atoms with Gasteiger partial charge in [0, 0.05) is 6.20 Å². The van der Waals surface area contributed by atoms with Crippen LogP contribution in [0.3, 0.4) is 0 Å². The summed E-state index contributed by atoms with van der Waals surface area (Å²) in [6, 6.07) is 0. The van der Waals surface area contributed by atoms with E-state index in [-0.39, 0.29) is 22.4 Å². The van der Waals surface area contributed by atoms with Gasteiger partial charge in [-0.3, -0.25) is 4.79 Å². The molecule has 10 nitrogen and oxygen atoms in total. The Hall–Kier alpha value is -2.27. The number of nitrogens with two attached hydrogens (primary N) is 2. The van der Waals surface area contributed by atoms with Crippen LogP contribution in [-0.2, 0) is 4.74 Å². The Kier molecular flexibility index (Phi) is 3.48. The molecular formula is C13H17N5O5. The largest absolute Gasteiger partial charge is 0.394 e. The highest BCUT2D eigenvalue weighted by atomic mass is 16.6. The molecule has 1 amide bonds. The number of fused-ring (bicyclic) bond motifs is 1. The van der Waals surface area contributed by atoms with Crippen LogP contribution in [0, 0.1) is 0 Å². The van der Waals surface area contributed by atoms with E-state index in [1.54, 1.807) is 0 Å². The van der Waals surface area contributed by atoms with Gasteiger partial charge in [-0.25, -0.2) is 9.97 Å². The lowest BCUT2D eigenvalue weighted by Gasteiger charge is -2.27. The van der Waals surface area contributed by atoms with Crippen molar-refractivity contribution in [2.45, 2.75) is 31.0 Å². The fraction of sp³-hybridized carbons (Fsp3) is 0.462. The lowest BCUT2D eigenvalue weighted by Crippen LogP contribution is -2.44. The number of hydrogen-bond acceptors (Lipinski definition) is 8. The third-order valence-corrected chi connectivity index (χ3v) is 4.09. The summed E-state index contributed by atoms with van der Waals surface area (Å²) in [5.41, 5.74) is 9.71. The molecule has 1 aliphatic heterocycles. The van der Waals surface area contributed by atoms with Gasteiger partial charge in [0.25, 0.3) is 5.91 Å². The van der Waals surface area contributed by atoms with Gasteiger partial charge in [0.2, 0.25) is 0 Å². The monoisotopic (exact) mass is 323 g/mol. The highest BCUT2D eigenvalue weighted by Gasteiger charge is 2.53. The number of hydrogen-bond donors (Lipinski definition) is 5. The first-order chi connectivity index (χ1) is 10.8. The molecule has 7 N–H and O–H groups in total. The number of aromatic nitrogens is 3. The number of carbonyl (C=O) groups excluding carboxylic acids is 1. The molecule has 0 spiro atoms. The SMILES string of the molecule is CC1(O)C(O)[C@@H](CO)O[C@H]1n1cc(C(N)=O)c2c(N)ncnc21. The molecule has 0 aromatic carbocycles. The molecule has 3 heterocycles. The van der Waals surface area contributed by atoms with Crippen molar-refractivity contribution >= 4 is 22.8 Å². The zero-order chi connectivity index (χ0) is 16.9. The van der Waals surface area contributed by atoms with Gasteiger partial charge in [0.15, 0.2) is 6.23 Å². The van der Waals surface area contributed by atoms with Gasteiger partial charge >= 0.3 is 0 Å². The molecule has 1 aliphatic rings. The molecule has 0 saturated carbocycles. The number of amides is 1. The maximum atomic E-state index is 11.6. The number of ether oxygens (including phenoxy) is 1. The predicted molar refractivity (Wildman–Crippen MR) is 78.1 cm³/mol. The number of anilines is 1. The van der Waals surface area contributed by atoms with Crippen molar-refractivity contribution < 1.29 is 24.9 Å². The summed E-state index contributed by atoms with van der Waals surface area (Å²) in [7, 11) is 0. The number of rotatable bonds is 3. The summed E-state index contributed by atoms with van der Waals surface area (Å²) in [6.07, 6.45) is -0.874. The maximum absolute atomic E-state index is 11.6.